The van der Waals surface area contributed by atoms with E-state index >= 15 is 0 Å². The van der Waals surface area contributed by atoms with Crippen LogP contribution in [0.5, 0.6) is 5.75 Å². The number of benzene rings is 2. The summed E-state index contributed by atoms with van der Waals surface area (Å²) in [6.07, 6.45) is 0. The van der Waals surface area contributed by atoms with Crippen molar-refractivity contribution in [1.82, 2.24) is 5.43 Å². The molecule has 0 radical (unpaired) electrons. The van der Waals surface area contributed by atoms with Crippen molar-refractivity contribution < 1.29 is 14.4 Å². The minimum Gasteiger partial charge on any atom is -0.489 e. The standard InChI is InChI=1S/C17H19N3O3/c1-12-7-3-6-10-15(12)23-11-13-8-4-5-9-14(13)16(20-22-2)17(21)19-18/h3-10H,11,18H2,1-2H3,(H,19,21)/b20-16+. The number of nitrogens with one attached hydrogen (secondary N) is 1. The van der Waals surface area contributed by atoms with E-state index in [-0.39, 0.29) is 5.71 Å². The quantitative estimate of drug-likeness (QED) is 0.369. The molecule has 0 saturated carbocycles. The van der Waals surface area contributed by atoms with Gasteiger partial charge in [0.05, 0.1) is 0 Å². The van der Waals surface area contributed by atoms with E-state index in [9.17, 15) is 4.79 Å². The maximum atomic E-state index is 11.9. The van der Waals surface area contributed by atoms with Crippen LogP contribution in [-0.4, -0.2) is 18.7 Å². The first kappa shape index (κ1) is 16.5. The lowest BCUT2D eigenvalue weighted by atomic mass is 10.0. The van der Waals surface area contributed by atoms with Crippen molar-refractivity contribution in [1.29, 1.82) is 0 Å². The summed E-state index contributed by atoms with van der Waals surface area (Å²) in [5.41, 5.74) is 4.61. The number of ether oxygens (including phenoxy) is 1. The van der Waals surface area contributed by atoms with Gasteiger partial charge in [0, 0.05) is 5.56 Å². The maximum absolute atomic E-state index is 11.9. The summed E-state index contributed by atoms with van der Waals surface area (Å²) in [5, 5.41) is 3.77. The van der Waals surface area contributed by atoms with E-state index in [0.29, 0.717) is 12.2 Å². The third-order valence-electron chi connectivity index (χ3n) is 3.28. The molecule has 0 heterocycles. The Hall–Kier alpha value is -2.86. The van der Waals surface area contributed by atoms with E-state index in [4.69, 9.17) is 15.4 Å². The van der Waals surface area contributed by atoms with Gasteiger partial charge in [-0.1, -0.05) is 47.6 Å². The number of carbonyl (C=O) groups excluding carboxylic acids is 1. The summed E-state index contributed by atoms with van der Waals surface area (Å²) in [7, 11) is 1.37. The molecule has 0 fully saturated rings. The highest BCUT2D eigenvalue weighted by Crippen LogP contribution is 2.19. The minimum absolute atomic E-state index is 0.0963. The number of amides is 1. The van der Waals surface area contributed by atoms with Crippen molar-refractivity contribution in [2.45, 2.75) is 13.5 Å². The Balaban J connectivity index is 2.28. The smallest absolute Gasteiger partial charge is 0.287 e. The summed E-state index contributed by atoms with van der Waals surface area (Å²) < 4.78 is 5.85. The Morgan fingerprint density at radius 2 is 1.87 bits per heavy atom. The van der Waals surface area contributed by atoms with E-state index in [1.165, 1.54) is 7.11 Å². The van der Waals surface area contributed by atoms with E-state index in [0.717, 1.165) is 16.9 Å². The average Bonchev–Trinajstić information content (AvgIpc) is 2.59. The van der Waals surface area contributed by atoms with Gasteiger partial charge >= 0.3 is 0 Å². The van der Waals surface area contributed by atoms with Crippen LogP contribution in [0.25, 0.3) is 0 Å². The third-order valence-corrected chi connectivity index (χ3v) is 3.28. The normalized spacial score (nSPS) is 11.0. The number of para-hydroxylation sites is 1. The number of carbonyl (C=O) groups is 1. The van der Waals surface area contributed by atoms with Crippen molar-refractivity contribution >= 4 is 11.6 Å². The molecule has 6 nitrogen and oxygen atoms in total. The highest BCUT2D eigenvalue weighted by atomic mass is 16.6. The van der Waals surface area contributed by atoms with Gasteiger partial charge in [-0.25, -0.2) is 5.84 Å². The molecule has 0 aliphatic heterocycles. The first-order valence-corrected chi connectivity index (χ1v) is 7.06. The Labute approximate surface area is 134 Å². The first-order chi connectivity index (χ1) is 11.2. The number of oxime groups is 1. The second-order valence-corrected chi connectivity index (χ2v) is 4.81. The highest BCUT2D eigenvalue weighted by molar-refractivity contribution is 6.45. The van der Waals surface area contributed by atoms with Crippen molar-refractivity contribution in [2.75, 3.05) is 7.11 Å². The van der Waals surface area contributed by atoms with Gasteiger partial charge in [-0.05, 0) is 24.1 Å². The number of nitrogens with zero attached hydrogens (tertiary/aromatic N) is 1. The fourth-order valence-corrected chi connectivity index (χ4v) is 2.12. The van der Waals surface area contributed by atoms with Crippen LogP contribution in [-0.2, 0) is 16.2 Å². The van der Waals surface area contributed by atoms with Crippen LogP contribution >= 0.6 is 0 Å². The van der Waals surface area contributed by atoms with E-state index < -0.39 is 5.91 Å². The first-order valence-electron chi connectivity index (χ1n) is 7.06. The molecule has 0 atom stereocenters. The van der Waals surface area contributed by atoms with Crippen LogP contribution in [0.4, 0.5) is 0 Å². The van der Waals surface area contributed by atoms with Gasteiger partial charge in [0.1, 0.15) is 19.5 Å². The van der Waals surface area contributed by atoms with E-state index in [1.54, 1.807) is 6.07 Å². The van der Waals surface area contributed by atoms with Gasteiger partial charge in [0.2, 0.25) is 0 Å². The summed E-state index contributed by atoms with van der Waals surface area (Å²) >= 11 is 0. The van der Waals surface area contributed by atoms with Crippen LogP contribution in [0.3, 0.4) is 0 Å². The molecule has 0 aromatic heterocycles. The molecular formula is C17H19N3O3. The number of rotatable bonds is 6. The molecule has 2 aromatic rings. The lowest BCUT2D eigenvalue weighted by Gasteiger charge is -2.13. The maximum Gasteiger partial charge on any atom is 0.287 e. The molecule has 0 saturated heterocycles. The number of hydrogen-bond acceptors (Lipinski definition) is 5. The predicted molar refractivity (Wildman–Crippen MR) is 87.8 cm³/mol. The highest BCUT2D eigenvalue weighted by Gasteiger charge is 2.17. The third kappa shape index (κ3) is 4.08. The predicted octanol–water partition coefficient (Wildman–Crippen LogP) is 1.91. The zero-order valence-electron chi connectivity index (χ0n) is 13.1. The Morgan fingerprint density at radius 1 is 1.17 bits per heavy atom. The van der Waals surface area contributed by atoms with Gasteiger partial charge in [0.15, 0.2) is 5.71 Å². The van der Waals surface area contributed by atoms with Gasteiger partial charge in [-0.3, -0.25) is 10.2 Å². The largest absolute Gasteiger partial charge is 0.489 e. The van der Waals surface area contributed by atoms with Gasteiger partial charge in [0.25, 0.3) is 5.91 Å². The topological polar surface area (TPSA) is 85.9 Å². The zero-order chi connectivity index (χ0) is 16.7. The number of hydrazine groups is 1. The second-order valence-electron chi connectivity index (χ2n) is 4.81. The zero-order valence-corrected chi connectivity index (χ0v) is 13.1. The van der Waals surface area contributed by atoms with Gasteiger partial charge < -0.3 is 9.57 Å². The fourth-order valence-electron chi connectivity index (χ4n) is 2.12. The Morgan fingerprint density at radius 3 is 2.57 bits per heavy atom. The van der Waals surface area contributed by atoms with Gasteiger partial charge in [-0.15, -0.1) is 0 Å². The van der Waals surface area contributed by atoms with Crippen LogP contribution in [0.1, 0.15) is 16.7 Å². The fraction of sp³-hybridized carbons (Fsp3) is 0.176. The van der Waals surface area contributed by atoms with E-state index in [1.807, 2.05) is 49.4 Å². The van der Waals surface area contributed by atoms with Crippen LogP contribution in [0.15, 0.2) is 53.7 Å². The second kappa shape index (κ2) is 7.95. The molecule has 120 valence electrons. The van der Waals surface area contributed by atoms with Crippen molar-refractivity contribution in [3.05, 3.63) is 65.2 Å². The number of nitrogens with two attached hydrogens (primary N) is 1. The van der Waals surface area contributed by atoms with Crippen LogP contribution < -0.4 is 16.0 Å². The summed E-state index contributed by atoms with van der Waals surface area (Å²) in [5.74, 6) is 5.46. The molecule has 2 aromatic carbocycles. The van der Waals surface area contributed by atoms with Crippen LogP contribution in [0, 0.1) is 6.92 Å². The molecule has 0 spiro atoms. The molecule has 6 heteroatoms. The average molecular weight is 313 g/mol. The molecule has 0 aliphatic rings. The SMILES string of the molecule is CO/N=C(/C(=O)NN)c1ccccc1COc1ccccc1C. The van der Waals surface area contributed by atoms with Crippen molar-refractivity contribution in [3.63, 3.8) is 0 Å². The number of hydrogen-bond donors (Lipinski definition) is 2. The molecule has 0 aliphatic carbocycles. The number of aryl methyl sites for hydroxylation is 1. The molecule has 3 N–H and O–H groups in total. The Bertz CT molecular complexity index is 714. The molecular weight excluding hydrogens is 294 g/mol. The molecule has 23 heavy (non-hydrogen) atoms. The Kier molecular flexibility index (Phi) is 5.71. The summed E-state index contributed by atoms with van der Waals surface area (Å²) in [6, 6.07) is 15.0. The lowest BCUT2D eigenvalue weighted by molar-refractivity contribution is -0.114. The minimum atomic E-state index is -0.532. The van der Waals surface area contributed by atoms with Crippen molar-refractivity contribution in [3.8, 4) is 5.75 Å². The monoisotopic (exact) mass is 313 g/mol. The lowest BCUT2D eigenvalue weighted by Crippen LogP contribution is -2.37. The molecule has 2 rings (SSSR count). The molecule has 0 unspecified atom stereocenters. The molecule has 1 amide bonds. The van der Waals surface area contributed by atoms with Crippen LogP contribution in [0.2, 0.25) is 0 Å². The molecule has 0 bridgehead atoms. The van der Waals surface area contributed by atoms with Crippen molar-refractivity contribution in [2.24, 2.45) is 11.0 Å². The van der Waals surface area contributed by atoms with E-state index in [2.05, 4.69) is 10.6 Å². The van der Waals surface area contributed by atoms with Gasteiger partial charge in [-0.2, -0.15) is 0 Å². The summed E-state index contributed by atoms with van der Waals surface area (Å²) in [4.78, 5) is 16.6. The summed E-state index contributed by atoms with van der Waals surface area (Å²) in [6.45, 7) is 2.27.